The Morgan fingerprint density at radius 1 is 0.750 bits per heavy atom. The number of fused-ring (bicyclic) bond motifs is 1. The molecule has 1 unspecified atom stereocenters. The van der Waals surface area contributed by atoms with Crippen LogP contribution in [0.4, 0.5) is 0 Å². The third-order valence-corrected chi connectivity index (χ3v) is 4.76. The second-order valence-electron chi connectivity index (χ2n) is 6.26. The molecule has 0 saturated carbocycles. The summed E-state index contributed by atoms with van der Waals surface area (Å²) in [6.45, 7) is 0. The smallest absolute Gasteiger partial charge is 0.329 e. The van der Waals surface area contributed by atoms with Gasteiger partial charge in [-0.05, 0) is 35.4 Å². The molecule has 0 radical (unpaired) electrons. The van der Waals surface area contributed by atoms with Crippen molar-refractivity contribution in [3.8, 4) is 0 Å². The van der Waals surface area contributed by atoms with Gasteiger partial charge in [-0.15, -0.1) is 0 Å². The number of nitrogens with zero attached hydrogens (tertiary/aromatic N) is 1. The van der Waals surface area contributed by atoms with Crippen LogP contribution in [0, 0.1) is 0 Å². The number of halogens is 1. The van der Waals surface area contributed by atoms with Crippen molar-refractivity contribution >= 4 is 29.4 Å². The van der Waals surface area contributed by atoms with Crippen molar-refractivity contribution < 1.29 is 19.2 Å². The zero-order chi connectivity index (χ0) is 19.7. The highest BCUT2D eigenvalue weighted by Gasteiger charge is 2.40. The lowest BCUT2D eigenvalue weighted by atomic mass is 9.91. The highest BCUT2D eigenvalue weighted by molar-refractivity contribution is 6.30. The molecular weight excluding hydrogens is 378 g/mol. The summed E-state index contributed by atoms with van der Waals surface area (Å²) in [6, 6.07) is 22.1. The Kier molecular flexibility index (Phi) is 4.67. The molecule has 0 aromatic heterocycles. The third kappa shape index (κ3) is 3.17. The molecule has 2 amide bonds. The summed E-state index contributed by atoms with van der Waals surface area (Å²) >= 11 is 5.96. The number of hydroxylamine groups is 2. The summed E-state index contributed by atoms with van der Waals surface area (Å²) in [5, 5.41) is 1.06. The van der Waals surface area contributed by atoms with Gasteiger partial charge >= 0.3 is 5.97 Å². The minimum atomic E-state index is -0.817. The molecule has 28 heavy (non-hydrogen) atoms. The van der Waals surface area contributed by atoms with Crippen LogP contribution in [-0.2, 0) is 9.63 Å². The largest absolute Gasteiger partial charge is 0.345 e. The van der Waals surface area contributed by atoms with Crippen molar-refractivity contribution in [3.63, 3.8) is 0 Å². The summed E-state index contributed by atoms with van der Waals surface area (Å²) in [7, 11) is 0. The Hall–Kier alpha value is -3.44. The first-order valence-corrected chi connectivity index (χ1v) is 8.94. The molecule has 1 aliphatic heterocycles. The van der Waals surface area contributed by atoms with E-state index in [0.29, 0.717) is 21.2 Å². The fourth-order valence-corrected chi connectivity index (χ4v) is 3.28. The third-order valence-electron chi connectivity index (χ3n) is 4.51. The second kappa shape index (κ2) is 7.29. The van der Waals surface area contributed by atoms with Gasteiger partial charge in [0, 0.05) is 5.02 Å². The predicted molar refractivity (Wildman–Crippen MR) is 103 cm³/mol. The Morgan fingerprint density at radius 2 is 1.25 bits per heavy atom. The van der Waals surface area contributed by atoms with Gasteiger partial charge in [0.2, 0.25) is 0 Å². The van der Waals surface area contributed by atoms with E-state index >= 15 is 0 Å². The van der Waals surface area contributed by atoms with Gasteiger partial charge in [-0.25, -0.2) is 4.79 Å². The molecule has 0 spiro atoms. The fourth-order valence-electron chi connectivity index (χ4n) is 3.16. The van der Waals surface area contributed by atoms with Gasteiger partial charge in [-0.1, -0.05) is 71.3 Å². The molecule has 0 N–H and O–H groups in total. The van der Waals surface area contributed by atoms with Crippen molar-refractivity contribution in [2.24, 2.45) is 0 Å². The van der Waals surface area contributed by atoms with Crippen molar-refractivity contribution in [3.05, 3.63) is 106 Å². The summed E-state index contributed by atoms with van der Waals surface area (Å²) < 4.78 is 0. The summed E-state index contributed by atoms with van der Waals surface area (Å²) in [5.74, 6) is -2.86. The second-order valence-corrected chi connectivity index (χ2v) is 6.69. The van der Waals surface area contributed by atoms with Crippen molar-refractivity contribution in [2.45, 2.75) is 5.92 Å². The van der Waals surface area contributed by atoms with Crippen LogP contribution < -0.4 is 0 Å². The van der Waals surface area contributed by atoms with E-state index in [2.05, 4.69) is 0 Å². The maximum Gasteiger partial charge on any atom is 0.345 e. The Balaban J connectivity index is 1.66. The molecule has 0 fully saturated rings. The molecular formula is C22H14ClNO4. The number of hydrogen-bond acceptors (Lipinski definition) is 4. The predicted octanol–water partition coefficient (Wildman–Crippen LogP) is 4.23. The lowest BCUT2D eigenvalue weighted by Gasteiger charge is -2.20. The molecule has 0 aliphatic carbocycles. The van der Waals surface area contributed by atoms with E-state index in [1.165, 1.54) is 12.1 Å². The van der Waals surface area contributed by atoms with E-state index < -0.39 is 23.7 Å². The van der Waals surface area contributed by atoms with Gasteiger partial charge in [0.15, 0.2) is 0 Å². The van der Waals surface area contributed by atoms with Gasteiger partial charge in [-0.2, -0.15) is 0 Å². The van der Waals surface area contributed by atoms with E-state index in [4.69, 9.17) is 16.4 Å². The Bertz CT molecular complexity index is 1030. The van der Waals surface area contributed by atoms with E-state index in [1.54, 1.807) is 60.7 Å². The van der Waals surface area contributed by atoms with Crippen molar-refractivity contribution in [1.82, 2.24) is 5.06 Å². The van der Waals surface area contributed by atoms with Crippen LogP contribution in [0.1, 0.15) is 37.8 Å². The molecule has 1 atom stereocenters. The molecule has 0 bridgehead atoms. The molecule has 0 saturated heterocycles. The lowest BCUT2D eigenvalue weighted by molar-refractivity contribution is -0.169. The summed E-state index contributed by atoms with van der Waals surface area (Å²) in [6.07, 6.45) is 0. The van der Waals surface area contributed by atoms with Crippen LogP contribution in [0.5, 0.6) is 0 Å². The van der Waals surface area contributed by atoms with Crippen LogP contribution in [0.25, 0.3) is 0 Å². The molecule has 3 aromatic rings. The molecule has 1 heterocycles. The molecule has 6 heteroatoms. The Labute approximate surface area is 166 Å². The average molecular weight is 392 g/mol. The van der Waals surface area contributed by atoms with Gasteiger partial charge in [0.1, 0.15) is 5.92 Å². The normalized spacial score (nSPS) is 14.0. The fraction of sp³-hybridized carbons (Fsp3) is 0.0455. The van der Waals surface area contributed by atoms with Gasteiger partial charge < -0.3 is 4.84 Å². The number of hydrogen-bond donors (Lipinski definition) is 0. The molecule has 3 aromatic carbocycles. The number of benzene rings is 3. The van der Waals surface area contributed by atoms with Crippen molar-refractivity contribution in [1.29, 1.82) is 0 Å². The monoisotopic (exact) mass is 391 g/mol. The molecule has 5 nitrogen and oxygen atoms in total. The minimum absolute atomic E-state index is 0.211. The van der Waals surface area contributed by atoms with Gasteiger partial charge in [0.25, 0.3) is 11.8 Å². The first-order chi connectivity index (χ1) is 13.6. The zero-order valence-electron chi connectivity index (χ0n) is 14.5. The van der Waals surface area contributed by atoms with Gasteiger partial charge in [0.05, 0.1) is 11.1 Å². The molecule has 1 aliphatic rings. The molecule has 4 rings (SSSR count). The van der Waals surface area contributed by atoms with E-state index in [9.17, 15) is 14.4 Å². The maximum atomic E-state index is 13.0. The van der Waals surface area contributed by atoms with Crippen LogP contribution in [-0.4, -0.2) is 22.8 Å². The van der Waals surface area contributed by atoms with Crippen LogP contribution in [0.15, 0.2) is 78.9 Å². The summed E-state index contributed by atoms with van der Waals surface area (Å²) in [5.41, 5.74) is 1.73. The number of imide groups is 1. The minimum Gasteiger partial charge on any atom is -0.329 e. The zero-order valence-corrected chi connectivity index (χ0v) is 15.3. The highest BCUT2D eigenvalue weighted by Crippen LogP contribution is 2.29. The highest BCUT2D eigenvalue weighted by atomic mass is 35.5. The van der Waals surface area contributed by atoms with Crippen LogP contribution >= 0.6 is 11.6 Å². The van der Waals surface area contributed by atoms with E-state index in [1.807, 2.05) is 6.07 Å². The Morgan fingerprint density at radius 3 is 1.82 bits per heavy atom. The van der Waals surface area contributed by atoms with Crippen molar-refractivity contribution in [2.75, 3.05) is 0 Å². The topological polar surface area (TPSA) is 63.7 Å². The number of carbonyl (C=O) groups is 3. The quantitative estimate of drug-likeness (QED) is 0.624. The van der Waals surface area contributed by atoms with Crippen LogP contribution in [0.3, 0.4) is 0 Å². The number of rotatable bonds is 4. The van der Waals surface area contributed by atoms with Crippen LogP contribution in [0.2, 0.25) is 5.02 Å². The van der Waals surface area contributed by atoms with E-state index in [0.717, 1.165) is 0 Å². The number of amides is 2. The van der Waals surface area contributed by atoms with E-state index in [-0.39, 0.29) is 11.1 Å². The number of carbonyl (C=O) groups excluding carboxylic acids is 3. The molecule has 138 valence electrons. The SMILES string of the molecule is O=C(ON1C(=O)c2ccccc2C1=O)C(c1ccccc1)c1ccc(Cl)cc1. The van der Waals surface area contributed by atoms with Gasteiger partial charge in [-0.3, -0.25) is 9.59 Å². The maximum absolute atomic E-state index is 13.0. The summed E-state index contributed by atoms with van der Waals surface area (Å²) in [4.78, 5) is 43.3. The average Bonchev–Trinajstić information content (AvgIpc) is 2.96. The first-order valence-electron chi connectivity index (χ1n) is 8.56. The first kappa shape index (κ1) is 17.9. The standard InChI is InChI=1S/C22H14ClNO4/c23-16-12-10-15(11-13-16)19(14-6-2-1-3-7-14)22(27)28-24-20(25)17-8-4-5-9-18(17)21(24)26/h1-13,19H. The lowest BCUT2D eigenvalue weighted by Crippen LogP contribution is -2.34.